The molecular weight excluding hydrogens is 450 g/mol. The number of amidine groups is 1. The number of amides is 1. The molecule has 4 rings (SSSR count). The van der Waals surface area contributed by atoms with Gasteiger partial charge in [0.15, 0.2) is 5.17 Å². The minimum absolute atomic E-state index is 0.140. The van der Waals surface area contributed by atoms with Gasteiger partial charge in [-0.25, -0.2) is 0 Å². The van der Waals surface area contributed by atoms with Crippen LogP contribution < -0.4 is 4.90 Å². The first-order valence-corrected chi connectivity index (χ1v) is 11.8. The van der Waals surface area contributed by atoms with Crippen LogP contribution in [-0.4, -0.2) is 38.7 Å². The molecule has 0 spiro atoms. The Balaban J connectivity index is 1.76. The summed E-state index contributed by atoms with van der Waals surface area (Å²) in [4.78, 5) is 26.0. The summed E-state index contributed by atoms with van der Waals surface area (Å²) in [6.45, 7) is 5.87. The Labute approximate surface area is 201 Å². The molecule has 1 aliphatic heterocycles. The van der Waals surface area contributed by atoms with Gasteiger partial charge in [0.25, 0.3) is 0 Å². The van der Waals surface area contributed by atoms with Crippen LogP contribution in [0.15, 0.2) is 64.8 Å². The number of aliphatic carboxylic acids is 1. The monoisotopic (exact) mass is 475 g/mol. The minimum Gasteiger partial charge on any atom is -0.507 e. The molecule has 1 fully saturated rings. The maximum absolute atomic E-state index is 13.2. The second-order valence-corrected chi connectivity index (χ2v) is 9.56. The van der Waals surface area contributed by atoms with E-state index in [1.807, 2.05) is 75.4 Å². The molecule has 0 radical (unpaired) electrons. The predicted molar refractivity (Wildman–Crippen MR) is 137 cm³/mol. The molecule has 1 saturated heterocycles. The van der Waals surface area contributed by atoms with Crippen LogP contribution in [0.5, 0.6) is 5.75 Å². The summed E-state index contributed by atoms with van der Waals surface area (Å²) in [5, 5.41) is 29.8. The second-order valence-electron chi connectivity index (χ2n) is 8.39. The summed E-state index contributed by atoms with van der Waals surface area (Å²) < 4.78 is 0. The number of nitrogens with zero attached hydrogens (tertiary/aromatic N) is 3. The number of phenolic OH excluding ortho intramolecular Hbond substituents is 1. The van der Waals surface area contributed by atoms with Gasteiger partial charge in [0, 0.05) is 10.9 Å². The number of carbonyl (C=O) groups is 2. The summed E-state index contributed by atoms with van der Waals surface area (Å²) in [7, 11) is 0. The summed E-state index contributed by atoms with van der Waals surface area (Å²) in [6.07, 6.45) is 1.16. The van der Waals surface area contributed by atoms with Crippen molar-refractivity contribution in [2.45, 2.75) is 38.4 Å². The number of thioether (sulfide) groups is 1. The van der Waals surface area contributed by atoms with Crippen molar-refractivity contribution in [1.82, 2.24) is 0 Å². The largest absolute Gasteiger partial charge is 0.507 e. The van der Waals surface area contributed by atoms with Crippen LogP contribution in [0.3, 0.4) is 0 Å². The lowest BCUT2D eigenvalue weighted by Crippen LogP contribution is -2.32. The standard InChI is InChI=1S/C26H25N3O4S/c1-15(2)18-12-11-16(3)20(24(18)32)14-27-28-26-29(25(33)22(34-26)13-23(30)31)21-10-6-8-17-7-4-5-9-19(17)21/h4-12,14-15,22,32H,13H2,1-3H3,(H,30,31)/b27-14+,28-26+. The van der Waals surface area contributed by atoms with Crippen molar-refractivity contribution in [3.8, 4) is 5.75 Å². The Hall–Kier alpha value is -3.65. The third kappa shape index (κ3) is 4.54. The fourth-order valence-electron chi connectivity index (χ4n) is 3.94. The molecule has 2 N–H and O–H groups in total. The highest BCUT2D eigenvalue weighted by Gasteiger charge is 2.41. The predicted octanol–water partition coefficient (Wildman–Crippen LogP) is 5.29. The SMILES string of the molecule is Cc1ccc(C(C)C)c(O)c1/C=N/N=C1/SC(CC(=O)O)C(=O)N1c1cccc2ccccc12. The number of aryl methyl sites for hydroxylation is 1. The lowest BCUT2D eigenvalue weighted by atomic mass is 9.96. The first kappa shape index (κ1) is 23.5. The maximum Gasteiger partial charge on any atom is 0.305 e. The molecule has 0 bridgehead atoms. The van der Waals surface area contributed by atoms with Crippen LogP contribution in [0.4, 0.5) is 5.69 Å². The van der Waals surface area contributed by atoms with Crippen molar-refractivity contribution < 1.29 is 19.8 Å². The Morgan fingerprint density at radius 2 is 1.88 bits per heavy atom. The van der Waals surface area contributed by atoms with Gasteiger partial charge >= 0.3 is 5.97 Å². The van der Waals surface area contributed by atoms with Gasteiger partial charge < -0.3 is 10.2 Å². The van der Waals surface area contributed by atoms with Crippen LogP contribution in [0.1, 0.15) is 42.9 Å². The molecule has 3 aromatic rings. The van der Waals surface area contributed by atoms with Crippen molar-refractivity contribution in [3.63, 3.8) is 0 Å². The highest BCUT2D eigenvalue weighted by molar-refractivity contribution is 8.16. The maximum atomic E-state index is 13.2. The van der Waals surface area contributed by atoms with E-state index >= 15 is 0 Å². The van der Waals surface area contributed by atoms with Gasteiger partial charge in [0.05, 0.1) is 18.3 Å². The Morgan fingerprint density at radius 3 is 2.62 bits per heavy atom. The Morgan fingerprint density at radius 1 is 1.15 bits per heavy atom. The van der Waals surface area contributed by atoms with Crippen LogP contribution in [0.25, 0.3) is 10.8 Å². The zero-order valence-corrected chi connectivity index (χ0v) is 19.9. The van der Waals surface area contributed by atoms with Gasteiger partial charge in [0.2, 0.25) is 5.91 Å². The molecule has 1 aliphatic rings. The smallest absolute Gasteiger partial charge is 0.305 e. The molecule has 8 heteroatoms. The number of hydrogen-bond donors (Lipinski definition) is 2. The summed E-state index contributed by atoms with van der Waals surface area (Å²) in [6, 6.07) is 17.1. The molecule has 0 saturated carbocycles. The van der Waals surface area contributed by atoms with E-state index in [0.717, 1.165) is 33.7 Å². The van der Waals surface area contributed by atoms with E-state index in [-0.39, 0.29) is 24.0 Å². The summed E-state index contributed by atoms with van der Waals surface area (Å²) >= 11 is 1.08. The van der Waals surface area contributed by atoms with Gasteiger partial charge in [-0.15, -0.1) is 5.10 Å². The van der Waals surface area contributed by atoms with Gasteiger partial charge in [-0.1, -0.05) is 74.1 Å². The number of carboxylic acid groups (broad SMARTS) is 1. The zero-order chi connectivity index (χ0) is 24.4. The fourth-order valence-corrected chi connectivity index (χ4v) is 5.01. The average Bonchev–Trinajstić information content (AvgIpc) is 3.09. The normalized spacial score (nSPS) is 17.5. The van der Waals surface area contributed by atoms with Crippen molar-refractivity contribution in [1.29, 1.82) is 0 Å². The Kier molecular flexibility index (Phi) is 6.70. The van der Waals surface area contributed by atoms with Crippen LogP contribution >= 0.6 is 11.8 Å². The number of carboxylic acids is 1. The molecule has 1 heterocycles. The molecule has 174 valence electrons. The van der Waals surface area contributed by atoms with Gasteiger partial charge in [-0.2, -0.15) is 5.10 Å². The molecule has 1 amide bonds. The van der Waals surface area contributed by atoms with E-state index in [1.54, 1.807) is 0 Å². The molecule has 1 unspecified atom stereocenters. The van der Waals surface area contributed by atoms with Gasteiger partial charge in [-0.05, 0) is 35.4 Å². The molecule has 34 heavy (non-hydrogen) atoms. The van der Waals surface area contributed by atoms with E-state index in [0.29, 0.717) is 16.4 Å². The van der Waals surface area contributed by atoms with E-state index in [4.69, 9.17) is 0 Å². The van der Waals surface area contributed by atoms with E-state index in [1.165, 1.54) is 11.1 Å². The van der Waals surface area contributed by atoms with E-state index < -0.39 is 11.2 Å². The third-order valence-corrected chi connectivity index (χ3v) is 6.85. The highest BCUT2D eigenvalue weighted by atomic mass is 32.2. The van der Waals surface area contributed by atoms with Gasteiger partial charge in [-0.3, -0.25) is 14.5 Å². The Bertz CT molecular complexity index is 1330. The quantitative estimate of drug-likeness (QED) is 0.372. The van der Waals surface area contributed by atoms with Crippen LogP contribution in [0.2, 0.25) is 0 Å². The van der Waals surface area contributed by atoms with E-state index in [2.05, 4.69) is 10.2 Å². The number of hydrogen-bond acceptors (Lipinski definition) is 6. The van der Waals surface area contributed by atoms with Gasteiger partial charge in [0.1, 0.15) is 11.0 Å². The number of carbonyl (C=O) groups excluding carboxylic acids is 1. The molecule has 7 nitrogen and oxygen atoms in total. The first-order chi connectivity index (χ1) is 16.3. The number of phenols is 1. The molecule has 1 atom stereocenters. The molecule has 0 aliphatic carbocycles. The molecule has 0 aromatic heterocycles. The lowest BCUT2D eigenvalue weighted by Gasteiger charge is -2.18. The molecular formula is C26H25N3O4S. The number of fused-ring (bicyclic) bond motifs is 1. The topological polar surface area (TPSA) is 103 Å². The van der Waals surface area contributed by atoms with Crippen LogP contribution in [0, 0.1) is 6.92 Å². The zero-order valence-electron chi connectivity index (χ0n) is 19.1. The first-order valence-electron chi connectivity index (χ1n) is 10.9. The fraction of sp³-hybridized carbons (Fsp3) is 0.231. The minimum atomic E-state index is -1.06. The van der Waals surface area contributed by atoms with Crippen molar-refractivity contribution in [2.75, 3.05) is 4.90 Å². The van der Waals surface area contributed by atoms with Crippen molar-refractivity contribution in [2.24, 2.45) is 10.2 Å². The highest BCUT2D eigenvalue weighted by Crippen LogP contribution is 2.37. The number of aromatic hydroxyl groups is 1. The third-order valence-electron chi connectivity index (χ3n) is 5.72. The van der Waals surface area contributed by atoms with Crippen LogP contribution in [-0.2, 0) is 9.59 Å². The van der Waals surface area contributed by atoms with E-state index in [9.17, 15) is 19.8 Å². The van der Waals surface area contributed by atoms with Crippen molar-refractivity contribution >= 4 is 51.5 Å². The number of benzene rings is 3. The molecule has 3 aromatic carbocycles. The number of rotatable bonds is 6. The second kappa shape index (κ2) is 9.69. The van der Waals surface area contributed by atoms with Crippen molar-refractivity contribution in [3.05, 3.63) is 71.3 Å². The summed E-state index contributed by atoms with van der Waals surface area (Å²) in [5.74, 6) is -1.11. The summed E-state index contributed by atoms with van der Waals surface area (Å²) in [5.41, 5.74) is 2.83. The lowest BCUT2D eigenvalue weighted by molar-refractivity contribution is -0.138. The average molecular weight is 476 g/mol. The number of anilines is 1.